The molecule has 0 bridgehead atoms. The molecule has 0 amide bonds. The lowest BCUT2D eigenvalue weighted by atomic mass is 9.90. The SMILES string of the molecule is N#CC1CCC(S)CC1. The van der Waals surface area contributed by atoms with Crippen LogP contribution in [0.4, 0.5) is 0 Å². The molecule has 0 spiro atoms. The quantitative estimate of drug-likeness (QED) is 0.512. The van der Waals surface area contributed by atoms with Crippen LogP contribution in [0.15, 0.2) is 0 Å². The van der Waals surface area contributed by atoms with Crippen LogP contribution in [0.1, 0.15) is 25.7 Å². The minimum absolute atomic E-state index is 0.327. The molecule has 1 fully saturated rings. The fourth-order valence-corrected chi connectivity index (χ4v) is 1.50. The summed E-state index contributed by atoms with van der Waals surface area (Å²) in [5.41, 5.74) is 0. The van der Waals surface area contributed by atoms with E-state index in [1.807, 2.05) is 0 Å². The van der Waals surface area contributed by atoms with Gasteiger partial charge >= 0.3 is 0 Å². The van der Waals surface area contributed by atoms with Gasteiger partial charge in [-0.2, -0.15) is 17.9 Å². The lowest BCUT2D eigenvalue weighted by Crippen LogP contribution is -2.12. The first-order valence-corrected chi connectivity index (χ1v) is 3.92. The maximum Gasteiger partial charge on any atom is 0.0655 e. The summed E-state index contributed by atoms with van der Waals surface area (Å²) in [6.45, 7) is 0. The molecular weight excluding hydrogens is 130 g/mol. The third-order valence-electron chi connectivity index (χ3n) is 1.88. The van der Waals surface area contributed by atoms with Crippen LogP contribution in [0.5, 0.6) is 0 Å². The van der Waals surface area contributed by atoms with Gasteiger partial charge in [-0.05, 0) is 25.7 Å². The van der Waals surface area contributed by atoms with E-state index in [1.54, 1.807) is 0 Å². The Hall–Kier alpha value is -0.160. The molecule has 0 aliphatic heterocycles. The normalized spacial score (nSPS) is 35.6. The van der Waals surface area contributed by atoms with Crippen molar-refractivity contribution in [3.63, 3.8) is 0 Å². The van der Waals surface area contributed by atoms with Crippen molar-refractivity contribution in [2.45, 2.75) is 30.9 Å². The second-order valence-corrected chi connectivity index (χ2v) is 3.36. The maximum absolute atomic E-state index is 8.50. The van der Waals surface area contributed by atoms with Crippen molar-refractivity contribution in [2.75, 3.05) is 0 Å². The van der Waals surface area contributed by atoms with Crippen molar-refractivity contribution in [1.82, 2.24) is 0 Å². The zero-order valence-electron chi connectivity index (χ0n) is 5.38. The predicted molar refractivity (Wildman–Crippen MR) is 40.3 cm³/mol. The molecule has 0 saturated heterocycles. The van der Waals surface area contributed by atoms with E-state index < -0.39 is 0 Å². The van der Waals surface area contributed by atoms with Crippen LogP contribution in [-0.2, 0) is 0 Å². The second kappa shape index (κ2) is 3.12. The van der Waals surface area contributed by atoms with Gasteiger partial charge in [-0.25, -0.2) is 0 Å². The summed E-state index contributed by atoms with van der Waals surface area (Å²) in [5.74, 6) is 0.327. The predicted octanol–water partition coefficient (Wildman–Crippen LogP) is 2.00. The number of nitriles is 1. The van der Waals surface area contributed by atoms with Crippen LogP contribution in [0.2, 0.25) is 0 Å². The van der Waals surface area contributed by atoms with Crippen LogP contribution in [0.3, 0.4) is 0 Å². The van der Waals surface area contributed by atoms with E-state index in [4.69, 9.17) is 5.26 Å². The molecule has 0 atom stereocenters. The van der Waals surface area contributed by atoms with E-state index in [0.717, 1.165) is 25.7 Å². The van der Waals surface area contributed by atoms with E-state index in [0.29, 0.717) is 11.2 Å². The molecule has 1 saturated carbocycles. The largest absolute Gasteiger partial charge is 0.198 e. The molecule has 0 N–H and O–H groups in total. The molecular formula is C7H11NS. The van der Waals surface area contributed by atoms with Crippen molar-refractivity contribution in [2.24, 2.45) is 5.92 Å². The first kappa shape index (κ1) is 6.95. The van der Waals surface area contributed by atoms with Gasteiger partial charge in [-0.15, -0.1) is 0 Å². The zero-order valence-corrected chi connectivity index (χ0v) is 6.27. The smallest absolute Gasteiger partial charge is 0.0655 e. The van der Waals surface area contributed by atoms with Gasteiger partial charge in [0.1, 0.15) is 0 Å². The van der Waals surface area contributed by atoms with E-state index in [2.05, 4.69) is 18.7 Å². The Bertz CT molecular complexity index is 119. The van der Waals surface area contributed by atoms with Gasteiger partial charge in [-0.3, -0.25) is 0 Å². The van der Waals surface area contributed by atoms with Gasteiger partial charge in [0.2, 0.25) is 0 Å². The van der Waals surface area contributed by atoms with E-state index in [-0.39, 0.29) is 0 Å². The van der Waals surface area contributed by atoms with Crippen molar-refractivity contribution in [3.8, 4) is 6.07 Å². The fraction of sp³-hybridized carbons (Fsp3) is 0.857. The standard InChI is InChI=1S/C7H11NS/c8-5-6-1-3-7(9)4-2-6/h6-7,9H,1-4H2. The summed E-state index contributed by atoms with van der Waals surface area (Å²) in [4.78, 5) is 0. The molecule has 0 aromatic carbocycles. The molecule has 1 nitrogen and oxygen atoms in total. The minimum atomic E-state index is 0.327. The highest BCUT2D eigenvalue weighted by molar-refractivity contribution is 7.80. The molecule has 2 heteroatoms. The van der Waals surface area contributed by atoms with Crippen molar-refractivity contribution in [3.05, 3.63) is 0 Å². The fourth-order valence-electron chi connectivity index (χ4n) is 1.20. The Morgan fingerprint density at radius 2 is 1.78 bits per heavy atom. The van der Waals surface area contributed by atoms with Crippen LogP contribution in [0.25, 0.3) is 0 Å². The molecule has 0 aromatic rings. The van der Waals surface area contributed by atoms with E-state index in [9.17, 15) is 0 Å². The number of nitrogens with zero attached hydrogens (tertiary/aromatic N) is 1. The first-order chi connectivity index (χ1) is 4.33. The summed E-state index contributed by atoms with van der Waals surface area (Å²) in [5, 5.41) is 9.07. The zero-order chi connectivity index (χ0) is 6.69. The monoisotopic (exact) mass is 141 g/mol. The number of hydrogen-bond acceptors (Lipinski definition) is 2. The molecule has 1 aliphatic rings. The summed E-state index contributed by atoms with van der Waals surface area (Å²) < 4.78 is 0. The van der Waals surface area contributed by atoms with Crippen molar-refractivity contribution >= 4 is 12.6 Å². The molecule has 0 radical (unpaired) electrons. The van der Waals surface area contributed by atoms with Gasteiger partial charge in [0.25, 0.3) is 0 Å². The summed E-state index contributed by atoms with van der Waals surface area (Å²) in [6.07, 6.45) is 4.37. The Labute approximate surface area is 61.5 Å². The Morgan fingerprint density at radius 1 is 1.22 bits per heavy atom. The average molecular weight is 141 g/mol. The highest BCUT2D eigenvalue weighted by atomic mass is 32.1. The van der Waals surface area contributed by atoms with Gasteiger partial charge < -0.3 is 0 Å². The van der Waals surface area contributed by atoms with Gasteiger partial charge in [0.15, 0.2) is 0 Å². The van der Waals surface area contributed by atoms with Crippen LogP contribution < -0.4 is 0 Å². The Balaban J connectivity index is 2.28. The molecule has 1 aliphatic carbocycles. The lowest BCUT2D eigenvalue weighted by Gasteiger charge is -2.19. The lowest BCUT2D eigenvalue weighted by molar-refractivity contribution is 0.438. The summed E-state index contributed by atoms with van der Waals surface area (Å²) in [7, 11) is 0. The summed E-state index contributed by atoms with van der Waals surface area (Å²) in [6, 6.07) is 2.29. The third kappa shape index (κ3) is 1.91. The highest BCUT2D eigenvalue weighted by Crippen LogP contribution is 2.26. The van der Waals surface area contributed by atoms with Crippen LogP contribution >= 0.6 is 12.6 Å². The van der Waals surface area contributed by atoms with Gasteiger partial charge in [0.05, 0.1) is 6.07 Å². The molecule has 9 heavy (non-hydrogen) atoms. The molecule has 0 heterocycles. The van der Waals surface area contributed by atoms with Crippen molar-refractivity contribution < 1.29 is 0 Å². The second-order valence-electron chi connectivity index (χ2n) is 2.63. The topological polar surface area (TPSA) is 23.8 Å². The van der Waals surface area contributed by atoms with Crippen LogP contribution in [-0.4, -0.2) is 5.25 Å². The minimum Gasteiger partial charge on any atom is -0.198 e. The van der Waals surface area contributed by atoms with Crippen molar-refractivity contribution in [1.29, 1.82) is 5.26 Å². The third-order valence-corrected chi connectivity index (χ3v) is 2.40. The van der Waals surface area contributed by atoms with E-state index >= 15 is 0 Å². The van der Waals surface area contributed by atoms with E-state index in [1.165, 1.54) is 0 Å². The molecule has 1 rings (SSSR count). The Morgan fingerprint density at radius 3 is 2.22 bits per heavy atom. The summed E-state index contributed by atoms with van der Waals surface area (Å²) >= 11 is 4.33. The number of hydrogen-bond donors (Lipinski definition) is 1. The van der Waals surface area contributed by atoms with Gasteiger partial charge in [-0.1, -0.05) is 0 Å². The van der Waals surface area contributed by atoms with Gasteiger partial charge in [0, 0.05) is 11.2 Å². The Kier molecular flexibility index (Phi) is 2.41. The molecule has 0 aromatic heterocycles. The number of thiol groups is 1. The molecule has 50 valence electrons. The highest BCUT2D eigenvalue weighted by Gasteiger charge is 2.17. The van der Waals surface area contributed by atoms with Crippen LogP contribution in [0, 0.1) is 17.2 Å². The maximum atomic E-state index is 8.50. The molecule has 0 unspecified atom stereocenters. The average Bonchev–Trinajstić information content (AvgIpc) is 1.90. The first-order valence-electron chi connectivity index (χ1n) is 3.40. The number of rotatable bonds is 0.